The third-order valence-electron chi connectivity index (χ3n) is 3.91. The summed E-state index contributed by atoms with van der Waals surface area (Å²) in [6.07, 6.45) is 3.76. The number of anilines is 2. The highest BCUT2D eigenvalue weighted by Gasteiger charge is 2.22. The number of hydrogen-bond acceptors (Lipinski definition) is 5. The Labute approximate surface area is 119 Å². The van der Waals surface area contributed by atoms with E-state index < -0.39 is 0 Å². The van der Waals surface area contributed by atoms with Gasteiger partial charge in [-0.15, -0.1) is 0 Å². The highest BCUT2D eigenvalue weighted by molar-refractivity contribution is 5.64. The van der Waals surface area contributed by atoms with E-state index in [1.165, 1.54) is 0 Å². The molecular weight excluding hydrogens is 254 g/mol. The van der Waals surface area contributed by atoms with Crippen molar-refractivity contribution in [1.82, 2.24) is 9.78 Å². The zero-order chi connectivity index (χ0) is 14.5. The van der Waals surface area contributed by atoms with Crippen molar-refractivity contribution in [2.24, 2.45) is 0 Å². The lowest BCUT2D eigenvalue weighted by atomic mass is 10.1. The molecule has 0 radical (unpaired) electrons. The summed E-state index contributed by atoms with van der Waals surface area (Å²) in [4.78, 5) is 0. The summed E-state index contributed by atoms with van der Waals surface area (Å²) in [6.45, 7) is 5.71. The number of hydrogen-bond donors (Lipinski definition) is 2. The van der Waals surface area contributed by atoms with Crippen molar-refractivity contribution in [2.45, 2.75) is 51.6 Å². The van der Waals surface area contributed by atoms with E-state index in [9.17, 15) is 5.26 Å². The number of nitrogens with one attached hydrogen (secondary N) is 1. The maximum atomic E-state index is 9.32. The molecule has 0 aromatic carbocycles. The van der Waals surface area contributed by atoms with E-state index in [-0.39, 0.29) is 6.04 Å². The molecular formula is C14H23N5O. The number of aromatic nitrogens is 2. The molecule has 1 fully saturated rings. The van der Waals surface area contributed by atoms with Crippen LogP contribution in [0, 0.1) is 11.3 Å². The zero-order valence-corrected chi connectivity index (χ0v) is 12.2. The van der Waals surface area contributed by atoms with Crippen LogP contribution in [0.5, 0.6) is 0 Å². The molecule has 0 aliphatic carbocycles. The van der Waals surface area contributed by atoms with Crippen molar-refractivity contribution in [3.8, 4) is 6.07 Å². The first-order valence-corrected chi connectivity index (χ1v) is 7.33. The molecule has 20 heavy (non-hydrogen) atoms. The number of nitrogens with two attached hydrogens (primary N) is 1. The zero-order valence-electron chi connectivity index (χ0n) is 12.2. The normalized spacial score (nSPS) is 16.3. The summed E-state index contributed by atoms with van der Waals surface area (Å²) in [7, 11) is 0. The monoisotopic (exact) mass is 277 g/mol. The Morgan fingerprint density at radius 2 is 2.10 bits per heavy atom. The summed E-state index contributed by atoms with van der Waals surface area (Å²) in [5.41, 5.74) is 6.55. The molecule has 2 heterocycles. The van der Waals surface area contributed by atoms with Crippen LogP contribution in [0.25, 0.3) is 0 Å². The fraction of sp³-hybridized carbons (Fsp3) is 0.714. The molecule has 0 amide bonds. The van der Waals surface area contributed by atoms with Gasteiger partial charge in [-0.2, -0.15) is 10.4 Å². The second-order valence-corrected chi connectivity index (χ2v) is 5.17. The Hall–Kier alpha value is -1.74. The van der Waals surface area contributed by atoms with Crippen LogP contribution in [-0.2, 0) is 4.74 Å². The Balaban J connectivity index is 2.23. The van der Waals surface area contributed by atoms with E-state index in [0.29, 0.717) is 23.2 Å². The van der Waals surface area contributed by atoms with Crippen LogP contribution in [0.3, 0.4) is 0 Å². The van der Waals surface area contributed by atoms with Gasteiger partial charge in [0.25, 0.3) is 0 Å². The topological polar surface area (TPSA) is 88.9 Å². The highest BCUT2D eigenvalue weighted by Crippen LogP contribution is 2.28. The molecule has 2 rings (SSSR count). The number of nitrogen functional groups attached to an aromatic ring is 1. The van der Waals surface area contributed by atoms with Crippen molar-refractivity contribution in [2.75, 3.05) is 24.3 Å². The van der Waals surface area contributed by atoms with Gasteiger partial charge in [0, 0.05) is 19.3 Å². The van der Waals surface area contributed by atoms with Gasteiger partial charge in [-0.05, 0) is 25.7 Å². The van der Waals surface area contributed by atoms with Crippen molar-refractivity contribution >= 4 is 11.6 Å². The molecule has 1 aromatic heterocycles. The summed E-state index contributed by atoms with van der Waals surface area (Å²) in [5, 5.41) is 17.2. The third kappa shape index (κ3) is 2.88. The molecule has 1 aromatic rings. The maximum absolute atomic E-state index is 9.32. The van der Waals surface area contributed by atoms with Crippen LogP contribution in [0.1, 0.15) is 51.1 Å². The van der Waals surface area contributed by atoms with Gasteiger partial charge in [0.2, 0.25) is 0 Å². The molecule has 1 aliphatic rings. The predicted octanol–water partition coefficient (Wildman–Crippen LogP) is 2.29. The second kappa shape index (κ2) is 6.62. The largest absolute Gasteiger partial charge is 0.383 e. The minimum absolute atomic E-state index is 0.243. The van der Waals surface area contributed by atoms with Gasteiger partial charge in [-0.3, -0.25) is 0 Å². The van der Waals surface area contributed by atoms with E-state index in [4.69, 9.17) is 10.5 Å². The number of nitriles is 1. The summed E-state index contributed by atoms with van der Waals surface area (Å²) < 4.78 is 7.13. The molecule has 6 nitrogen and oxygen atoms in total. The number of nitrogens with zero attached hydrogens (tertiary/aromatic N) is 3. The fourth-order valence-corrected chi connectivity index (χ4v) is 2.61. The summed E-state index contributed by atoms with van der Waals surface area (Å²) >= 11 is 0. The fourth-order valence-electron chi connectivity index (χ4n) is 2.61. The predicted molar refractivity (Wildman–Crippen MR) is 78.4 cm³/mol. The van der Waals surface area contributed by atoms with Gasteiger partial charge in [-0.25, -0.2) is 4.68 Å². The van der Waals surface area contributed by atoms with Gasteiger partial charge in [-0.1, -0.05) is 13.8 Å². The third-order valence-corrected chi connectivity index (χ3v) is 3.91. The van der Waals surface area contributed by atoms with E-state index in [2.05, 4.69) is 30.3 Å². The van der Waals surface area contributed by atoms with Gasteiger partial charge in [0.1, 0.15) is 17.5 Å². The van der Waals surface area contributed by atoms with Crippen LogP contribution in [0.4, 0.5) is 11.6 Å². The van der Waals surface area contributed by atoms with Crippen molar-refractivity contribution in [3.05, 3.63) is 5.56 Å². The number of rotatable bonds is 5. The quantitative estimate of drug-likeness (QED) is 0.862. The van der Waals surface area contributed by atoms with Gasteiger partial charge >= 0.3 is 0 Å². The van der Waals surface area contributed by atoms with Crippen LogP contribution in [0.2, 0.25) is 0 Å². The second-order valence-electron chi connectivity index (χ2n) is 5.17. The van der Waals surface area contributed by atoms with Crippen molar-refractivity contribution in [3.63, 3.8) is 0 Å². The van der Waals surface area contributed by atoms with E-state index in [0.717, 1.165) is 38.9 Å². The lowest BCUT2D eigenvalue weighted by Crippen LogP contribution is -2.28. The van der Waals surface area contributed by atoms with E-state index in [1.807, 2.05) is 0 Å². The van der Waals surface area contributed by atoms with Crippen LogP contribution in [-0.4, -0.2) is 29.0 Å². The average molecular weight is 277 g/mol. The molecule has 3 N–H and O–H groups in total. The lowest BCUT2D eigenvalue weighted by molar-refractivity contribution is 0.0903. The molecule has 6 heteroatoms. The van der Waals surface area contributed by atoms with Gasteiger partial charge in [0.15, 0.2) is 5.82 Å². The van der Waals surface area contributed by atoms with Crippen LogP contribution in [0.15, 0.2) is 0 Å². The van der Waals surface area contributed by atoms with Gasteiger partial charge in [0.05, 0.1) is 6.04 Å². The number of ether oxygens (including phenoxy) is 1. The first-order valence-electron chi connectivity index (χ1n) is 7.33. The first-order chi connectivity index (χ1) is 9.71. The standard InChI is InChI=1S/C14H23N5O/c1-3-11(4-2)19-13(16)12(9-15)14(18-19)17-10-5-7-20-8-6-10/h10-11H,3-8,16H2,1-2H3,(H,17,18). The maximum Gasteiger partial charge on any atom is 0.168 e. The molecule has 110 valence electrons. The molecule has 1 saturated heterocycles. The molecule has 0 spiro atoms. The summed E-state index contributed by atoms with van der Waals surface area (Å²) in [6, 6.07) is 2.72. The van der Waals surface area contributed by atoms with Crippen molar-refractivity contribution in [1.29, 1.82) is 5.26 Å². The first kappa shape index (κ1) is 14.7. The Morgan fingerprint density at radius 1 is 1.45 bits per heavy atom. The SMILES string of the molecule is CCC(CC)n1nc(NC2CCOCC2)c(C#N)c1N. The highest BCUT2D eigenvalue weighted by atomic mass is 16.5. The molecule has 1 aliphatic heterocycles. The minimum Gasteiger partial charge on any atom is -0.383 e. The van der Waals surface area contributed by atoms with E-state index >= 15 is 0 Å². The average Bonchev–Trinajstić information content (AvgIpc) is 2.78. The van der Waals surface area contributed by atoms with Crippen LogP contribution < -0.4 is 11.1 Å². The Bertz CT molecular complexity index is 480. The van der Waals surface area contributed by atoms with Crippen LogP contribution >= 0.6 is 0 Å². The Kier molecular flexibility index (Phi) is 4.85. The van der Waals surface area contributed by atoms with E-state index in [1.54, 1.807) is 4.68 Å². The Morgan fingerprint density at radius 3 is 2.65 bits per heavy atom. The van der Waals surface area contributed by atoms with Gasteiger partial charge < -0.3 is 15.8 Å². The molecule has 0 saturated carbocycles. The summed E-state index contributed by atoms with van der Waals surface area (Å²) in [5.74, 6) is 1.08. The minimum atomic E-state index is 0.243. The smallest absolute Gasteiger partial charge is 0.168 e. The lowest BCUT2D eigenvalue weighted by Gasteiger charge is -2.23. The van der Waals surface area contributed by atoms with Crippen molar-refractivity contribution < 1.29 is 4.74 Å². The molecule has 0 unspecified atom stereocenters. The molecule has 0 atom stereocenters. The molecule has 0 bridgehead atoms.